The van der Waals surface area contributed by atoms with Gasteiger partial charge in [-0.15, -0.1) is 0 Å². The monoisotopic (exact) mass is 420 g/mol. The van der Waals surface area contributed by atoms with Gasteiger partial charge in [0.05, 0.1) is 0 Å². The van der Waals surface area contributed by atoms with Gasteiger partial charge in [-0.25, -0.2) is 0 Å². The van der Waals surface area contributed by atoms with Gasteiger partial charge in [0.2, 0.25) is 0 Å². The molecular formula is C22H37MgO4P. The van der Waals surface area contributed by atoms with Crippen LogP contribution >= 0.6 is 7.82 Å². The third-order valence-electron chi connectivity index (χ3n) is 4.64. The molecule has 0 aliphatic carbocycles. The molecule has 4 nitrogen and oxygen atoms in total. The van der Waals surface area contributed by atoms with Crippen molar-refractivity contribution in [1.82, 2.24) is 0 Å². The second-order valence-electron chi connectivity index (χ2n) is 11.5. The maximum absolute atomic E-state index is 11.3. The van der Waals surface area contributed by atoms with Gasteiger partial charge in [0.15, 0.2) is 0 Å². The summed E-state index contributed by atoms with van der Waals surface area (Å²) in [6, 6.07) is 5.55. The van der Waals surface area contributed by atoms with E-state index >= 15 is 0 Å². The van der Waals surface area contributed by atoms with Crippen molar-refractivity contribution >= 4 is 30.9 Å². The van der Waals surface area contributed by atoms with Crippen LogP contribution < -0.4 is 14.3 Å². The van der Waals surface area contributed by atoms with Crippen LogP contribution in [0.4, 0.5) is 0 Å². The quantitative estimate of drug-likeness (QED) is 0.482. The summed E-state index contributed by atoms with van der Waals surface area (Å²) >= 11 is 0. The molecule has 0 unspecified atom stereocenters. The Kier molecular flexibility index (Phi) is 8.95. The summed E-state index contributed by atoms with van der Waals surface area (Å²) < 4.78 is 16.1. The van der Waals surface area contributed by atoms with Gasteiger partial charge in [0.1, 0.15) is 13.6 Å². The van der Waals surface area contributed by atoms with Crippen molar-refractivity contribution in [2.24, 2.45) is 10.8 Å². The van der Waals surface area contributed by atoms with Crippen LogP contribution in [0.15, 0.2) is 18.2 Å². The Balaban J connectivity index is 0.00000729. The van der Waals surface area contributed by atoms with Gasteiger partial charge < -0.3 is 18.9 Å². The van der Waals surface area contributed by atoms with Crippen LogP contribution in [0.25, 0.3) is 0 Å². The van der Waals surface area contributed by atoms with Crippen molar-refractivity contribution in [3.8, 4) is 5.75 Å². The average Bonchev–Trinajstić information content (AvgIpc) is 2.30. The first-order valence-corrected chi connectivity index (χ1v) is 11.0. The molecule has 6 heteroatoms. The predicted octanol–water partition coefficient (Wildman–Crippen LogP) is 4.94. The van der Waals surface area contributed by atoms with Gasteiger partial charge in [-0.05, 0) is 46.1 Å². The molecule has 0 atom stereocenters. The summed E-state index contributed by atoms with van der Waals surface area (Å²) in [7, 11) is -5.12. The summed E-state index contributed by atoms with van der Waals surface area (Å²) in [4.78, 5) is 22.6. The first-order valence-electron chi connectivity index (χ1n) is 9.59. The second-order valence-corrected chi connectivity index (χ2v) is 12.6. The summed E-state index contributed by atoms with van der Waals surface area (Å²) in [5.41, 5.74) is 1.63. The van der Waals surface area contributed by atoms with E-state index in [1.807, 2.05) is 12.1 Å². The Morgan fingerprint density at radius 3 is 1.64 bits per heavy atom. The molecular weight excluding hydrogens is 384 g/mol. The first kappa shape index (κ1) is 27.9. The van der Waals surface area contributed by atoms with Crippen molar-refractivity contribution < 1.29 is 18.9 Å². The maximum Gasteiger partial charge on any atom is 2.00 e. The zero-order valence-corrected chi connectivity index (χ0v) is 21.7. The Morgan fingerprint density at radius 2 is 1.25 bits per heavy atom. The Hall–Kier alpha value is -0.0638. The number of hydrogen-bond donors (Lipinski definition) is 0. The molecule has 0 saturated carbocycles. The smallest absolute Gasteiger partial charge is 0.780 e. The third kappa shape index (κ3) is 9.17. The van der Waals surface area contributed by atoms with Gasteiger partial charge >= 0.3 is 23.1 Å². The Labute approximate surface area is 188 Å². The van der Waals surface area contributed by atoms with Gasteiger partial charge in [-0.1, -0.05) is 81.4 Å². The number of hydrogen-bond acceptors (Lipinski definition) is 4. The van der Waals surface area contributed by atoms with E-state index in [1.165, 1.54) is 0 Å². The molecule has 0 spiro atoms. The second kappa shape index (κ2) is 8.97. The van der Waals surface area contributed by atoms with Gasteiger partial charge in [0.25, 0.3) is 0 Å². The molecule has 156 valence electrons. The van der Waals surface area contributed by atoms with E-state index in [4.69, 9.17) is 4.52 Å². The van der Waals surface area contributed by atoms with E-state index < -0.39 is 7.82 Å². The van der Waals surface area contributed by atoms with E-state index in [9.17, 15) is 14.4 Å². The maximum atomic E-state index is 11.3. The van der Waals surface area contributed by atoms with Crippen LogP contribution in [-0.4, -0.2) is 23.1 Å². The van der Waals surface area contributed by atoms with E-state index in [2.05, 4.69) is 69.2 Å². The number of benzene rings is 1. The standard InChI is InChI=1S/C22H39O4P.Mg/c1-19(2,3)14-21(7,8)16-11-12-18(26-27(23,24)25)17(13-16)22(9,10)15-20(4,5)6;/h11-13H,14-15H2,1-10H3,(H2,23,24,25);/q;+2/p-2. The molecule has 0 saturated heterocycles. The number of phosphoric acid groups is 1. The molecule has 28 heavy (non-hydrogen) atoms. The molecule has 0 radical (unpaired) electrons. The van der Waals surface area contributed by atoms with Crippen LogP contribution in [0.2, 0.25) is 0 Å². The van der Waals surface area contributed by atoms with Gasteiger partial charge in [-0.2, -0.15) is 0 Å². The first-order chi connectivity index (χ1) is 11.7. The van der Waals surface area contributed by atoms with Crippen molar-refractivity contribution in [1.29, 1.82) is 0 Å². The fourth-order valence-corrected chi connectivity index (χ4v) is 4.93. The fraction of sp³-hybridized carbons (Fsp3) is 0.727. The van der Waals surface area contributed by atoms with Crippen LogP contribution in [0.1, 0.15) is 93.2 Å². The zero-order chi connectivity index (χ0) is 21.5. The summed E-state index contributed by atoms with van der Waals surface area (Å²) in [6.45, 7) is 21.6. The minimum absolute atomic E-state index is 0. The number of phosphoric ester groups is 1. The Bertz CT molecular complexity index is 706. The Morgan fingerprint density at radius 1 is 0.821 bits per heavy atom. The molecule has 0 aromatic heterocycles. The van der Waals surface area contributed by atoms with Crippen molar-refractivity contribution in [3.05, 3.63) is 29.3 Å². The van der Waals surface area contributed by atoms with Gasteiger partial charge in [-0.3, -0.25) is 0 Å². The van der Waals surface area contributed by atoms with Crippen LogP contribution in [-0.2, 0) is 15.4 Å². The van der Waals surface area contributed by atoms with E-state index in [-0.39, 0.29) is 50.5 Å². The summed E-state index contributed by atoms with van der Waals surface area (Å²) in [5, 5.41) is 0. The molecule has 0 amide bonds. The minimum atomic E-state index is -5.12. The van der Waals surface area contributed by atoms with Crippen molar-refractivity contribution in [2.75, 3.05) is 0 Å². The molecule has 0 fully saturated rings. The minimum Gasteiger partial charge on any atom is -0.780 e. The topological polar surface area (TPSA) is 72.4 Å². The molecule has 1 aromatic carbocycles. The molecule has 1 aromatic rings. The predicted molar refractivity (Wildman–Crippen MR) is 115 cm³/mol. The summed E-state index contributed by atoms with van der Waals surface area (Å²) in [5.74, 6) is 0.146. The van der Waals surface area contributed by atoms with E-state index in [1.54, 1.807) is 6.07 Å². The largest absolute Gasteiger partial charge is 2.00 e. The average molecular weight is 421 g/mol. The molecule has 0 aliphatic heterocycles. The molecule has 0 bridgehead atoms. The number of rotatable bonds is 6. The third-order valence-corrected chi connectivity index (χ3v) is 5.07. The molecule has 0 N–H and O–H groups in total. The van der Waals surface area contributed by atoms with Crippen LogP contribution in [0.3, 0.4) is 0 Å². The molecule has 0 heterocycles. The SMILES string of the molecule is CC(C)(C)CC(C)(C)c1ccc(OP(=O)([O-])[O-])c(C(C)(C)CC(C)(C)C)c1.[Mg+2]. The zero-order valence-electron chi connectivity index (χ0n) is 19.4. The molecule has 0 aliphatic rings. The van der Waals surface area contributed by atoms with Crippen LogP contribution in [0, 0.1) is 10.8 Å². The molecule has 1 rings (SSSR count). The van der Waals surface area contributed by atoms with Crippen LogP contribution in [0.5, 0.6) is 5.75 Å². The summed E-state index contributed by atoms with van der Waals surface area (Å²) in [6.07, 6.45) is 1.79. The normalized spacial score (nSPS) is 13.9. The van der Waals surface area contributed by atoms with E-state index in [0.29, 0.717) is 0 Å². The van der Waals surface area contributed by atoms with Gasteiger partial charge in [0, 0.05) is 5.56 Å². The van der Waals surface area contributed by atoms with Crippen molar-refractivity contribution in [3.63, 3.8) is 0 Å². The van der Waals surface area contributed by atoms with Crippen molar-refractivity contribution in [2.45, 2.75) is 92.9 Å². The fourth-order valence-electron chi connectivity index (χ4n) is 4.53. The van der Waals surface area contributed by atoms with E-state index in [0.717, 1.165) is 24.0 Å².